The summed E-state index contributed by atoms with van der Waals surface area (Å²) in [5, 5.41) is 0. The lowest BCUT2D eigenvalue weighted by atomic mass is 9.62. The molecule has 0 aromatic rings. The maximum absolute atomic E-state index is 6.66. The molecule has 3 saturated carbocycles. The van der Waals surface area contributed by atoms with E-state index in [-0.39, 0.29) is 12.1 Å². The van der Waals surface area contributed by atoms with Crippen LogP contribution < -0.4 is 11.5 Å². The van der Waals surface area contributed by atoms with E-state index in [9.17, 15) is 0 Å². The first kappa shape index (κ1) is 15.8. The summed E-state index contributed by atoms with van der Waals surface area (Å²) in [6, 6.07) is 0.537. The summed E-state index contributed by atoms with van der Waals surface area (Å²) in [6.07, 6.45) is 15.5. The summed E-state index contributed by atoms with van der Waals surface area (Å²) in [5.41, 5.74) is 13.3. The van der Waals surface area contributed by atoms with Gasteiger partial charge in [-0.2, -0.15) is 0 Å². The molecular weight excluding hydrogens is 256 g/mol. The largest absolute Gasteiger partial charge is 0.326 e. The molecule has 2 heteroatoms. The summed E-state index contributed by atoms with van der Waals surface area (Å²) < 4.78 is 0. The second kappa shape index (κ2) is 7.00. The van der Waals surface area contributed by atoms with Crippen LogP contribution in [0.2, 0.25) is 0 Å². The molecule has 2 nitrogen and oxygen atoms in total. The molecule has 0 aromatic carbocycles. The van der Waals surface area contributed by atoms with Gasteiger partial charge in [-0.15, -0.1) is 0 Å². The van der Waals surface area contributed by atoms with Crippen molar-refractivity contribution < 1.29 is 0 Å². The standard InChI is InChI=1S/C19H36N2/c1-13-7-9-15(10-8-13)17-12-11-16(18(20)19(17)21)14-5-3-2-4-6-14/h13-19H,2-12,20-21H2,1H3. The molecule has 4 N–H and O–H groups in total. The van der Waals surface area contributed by atoms with Crippen molar-refractivity contribution in [3.8, 4) is 0 Å². The van der Waals surface area contributed by atoms with Gasteiger partial charge in [-0.25, -0.2) is 0 Å². The summed E-state index contributed by atoms with van der Waals surface area (Å²) in [7, 11) is 0. The smallest absolute Gasteiger partial charge is 0.0226 e. The number of hydrogen-bond acceptors (Lipinski definition) is 2. The normalized spacial score (nSPS) is 46.4. The van der Waals surface area contributed by atoms with Crippen molar-refractivity contribution >= 4 is 0 Å². The zero-order valence-corrected chi connectivity index (χ0v) is 14.0. The lowest BCUT2D eigenvalue weighted by molar-refractivity contribution is 0.0773. The van der Waals surface area contributed by atoms with Crippen LogP contribution in [0, 0.1) is 29.6 Å². The minimum Gasteiger partial charge on any atom is -0.326 e. The van der Waals surface area contributed by atoms with Gasteiger partial charge >= 0.3 is 0 Å². The highest BCUT2D eigenvalue weighted by Gasteiger charge is 2.42. The SMILES string of the molecule is CC1CCC(C2CCC(C3CCCCC3)C(N)C2N)CC1. The third kappa shape index (κ3) is 3.47. The predicted molar refractivity (Wildman–Crippen MR) is 89.9 cm³/mol. The molecule has 4 unspecified atom stereocenters. The molecule has 0 spiro atoms. The van der Waals surface area contributed by atoms with Crippen molar-refractivity contribution in [2.45, 2.75) is 89.6 Å². The van der Waals surface area contributed by atoms with Crippen LogP contribution in [-0.4, -0.2) is 12.1 Å². The number of nitrogens with two attached hydrogens (primary N) is 2. The van der Waals surface area contributed by atoms with E-state index in [1.807, 2.05) is 0 Å². The number of rotatable bonds is 2. The Morgan fingerprint density at radius 3 is 1.57 bits per heavy atom. The fraction of sp³-hybridized carbons (Fsp3) is 1.00. The van der Waals surface area contributed by atoms with Gasteiger partial charge < -0.3 is 11.5 Å². The topological polar surface area (TPSA) is 52.0 Å². The van der Waals surface area contributed by atoms with Crippen LogP contribution in [-0.2, 0) is 0 Å². The van der Waals surface area contributed by atoms with Crippen LogP contribution in [0.25, 0.3) is 0 Å². The molecule has 0 heterocycles. The van der Waals surface area contributed by atoms with Gasteiger partial charge in [0.05, 0.1) is 0 Å². The fourth-order valence-corrected chi connectivity index (χ4v) is 5.72. The van der Waals surface area contributed by atoms with Crippen LogP contribution in [0.15, 0.2) is 0 Å². The van der Waals surface area contributed by atoms with Crippen molar-refractivity contribution in [1.29, 1.82) is 0 Å². The summed E-state index contributed by atoms with van der Waals surface area (Å²) >= 11 is 0. The highest BCUT2D eigenvalue weighted by Crippen LogP contribution is 2.44. The Hall–Kier alpha value is -0.0800. The van der Waals surface area contributed by atoms with Gasteiger partial charge in [0.15, 0.2) is 0 Å². The van der Waals surface area contributed by atoms with Gasteiger partial charge in [0.25, 0.3) is 0 Å². The maximum Gasteiger partial charge on any atom is 0.0226 e. The Bertz CT molecular complexity index is 316. The van der Waals surface area contributed by atoms with E-state index in [1.54, 1.807) is 0 Å². The van der Waals surface area contributed by atoms with E-state index < -0.39 is 0 Å². The maximum atomic E-state index is 6.66. The Morgan fingerprint density at radius 1 is 0.571 bits per heavy atom. The molecule has 0 bridgehead atoms. The van der Waals surface area contributed by atoms with E-state index >= 15 is 0 Å². The summed E-state index contributed by atoms with van der Waals surface area (Å²) in [5.74, 6) is 4.12. The molecule has 4 atom stereocenters. The van der Waals surface area contributed by atoms with Crippen LogP contribution in [0.1, 0.15) is 77.6 Å². The minimum absolute atomic E-state index is 0.268. The lowest BCUT2D eigenvalue weighted by Crippen LogP contribution is -2.57. The van der Waals surface area contributed by atoms with Gasteiger partial charge in [-0.05, 0) is 55.3 Å². The number of hydrogen-bond donors (Lipinski definition) is 2. The van der Waals surface area contributed by atoms with Gasteiger partial charge in [-0.1, -0.05) is 51.9 Å². The van der Waals surface area contributed by atoms with Crippen molar-refractivity contribution in [3.63, 3.8) is 0 Å². The second-order valence-electron chi connectivity index (χ2n) is 8.48. The first-order valence-corrected chi connectivity index (χ1v) is 9.68. The Labute approximate surface area is 131 Å². The van der Waals surface area contributed by atoms with Crippen molar-refractivity contribution in [2.24, 2.45) is 41.1 Å². The summed E-state index contributed by atoms with van der Waals surface area (Å²) in [4.78, 5) is 0. The Morgan fingerprint density at radius 2 is 1.05 bits per heavy atom. The molecule has 3 aliphatic rings. The first-order chi connectivity index (χ1) is 10.2. The van der Waals surface area contributed by atoms with E-state index in [4.69, 9.17) is 11.5 Å². The average Bonchev–Trinajstić information content (AvgIpc) is 2.52. The van der Waals surface area contributed by atoms with Crippen LogP contribution >= 0.6 is 0 Å². The molecule has 21 heavy (non-hydrogen) atoms. The van der Waals surface area contributed by atoms with E-state index in [1.165, 1.54) is 70.6 Å². The van der Waals surface area contributed by atoms with Gasteiger partial charge in [0.1, 0.15) is 0 Å². The molecule has 0 amide bonds. The molecule has 0 aliphatic heterocycles. The Kier molecular flexibility index (Phi) is 5.27. The highest BCUT2D eigenvalue weighted by molar-refractivity contribution is 4.98. The quantitative estimate of drug-likeness (QED) is 0.806. The first-order valence-electron chi connectivity index (χ1n) is 9.68. The van der Waals surface area contributed by atoms with Crippen LogP contribution in [0.5, 0.6) is 0 Å². The minimum atomic E-state index is 0.268. The molecule has 3 fully saturated rings. The predicted octanol–water partition coefficient (Wildman–Crippen LogP) is 4.07. The monoisotopic (exact) mass is 292 g/mol. The summed E-state index contributed by atoms with van der Waals surface area (Å²) in [6.45, 7) is 2.40. The van der Waals surface area contributed by atoms with Crippen LogP contribution in [0.4, 0.5) is 0 Å². The van der Waals surface area contributed by atoms with Gasteiger partial charge in [0.2, 0.25) is 0 Å². The lowest BCUT2D eigenvalue weighted by Gasteiger charge is -2.47. The fourth-order valence-electron chi connectivity index (χ4n) is 5.72. The van der Waals surface area contributed by atoms with Gasteiger partial charge in [0, 0.05) is 12.1 Å². The van der Waals surface area contributed by atoms with Crippen molar-refractivity contribution in [1.82, 2.24) is 0 Å². The Balaban J connectivity index is 1.58. The van der Waals surface area contributed by atoms with E-state index in [2.05, 4.69) is 6.92 Å². The average molecular weight is 293 g/mol. The molecule has 122 valence electrons. The second-order valence-corrected chi connectivity index (χ2v) is 8.48. The van der Waals surface area contributed by atoms with Crippen LogP contribution in [0.3, 0.4) is 0 Å². The zero-order valence-electron chi connectivity index (χ0n) is 14.0. The zero-order chi connectivity index (χ0) is 14.8. The van der Waals surface area contributed by atoms with E-state index in [0.717, 1.165) is 23.7 Å². The molecule has 3 aliphatic carbocycles. The molecule has 0 aromatic heterocycles. The molecular formula is C19H36N2. The molecule has 0 radical (unpaired) electrons. The molecule has 3 rings (SSSR count). The van der Waals surface area contributed by atoms with Crippen molar-refractivity contribution in [2.75, 3.05) is 0 Å². The van der Waals surface area contributed by atoms with Crippen molar-refractivity contribution in [3.05, 3.63) is 0 Å². The third-order valence-corrected chi connectivity index (χ3v) is 7.19. The highest BCUT2D eigenvalue weighted by atomic mass is 14.8. The van der Waals surface area contributed by atoms with E-state index in [0.29, 0.717) is 5.92 Å². The molecule has 0 saturated heterocycles. The van der Waals surface area contributed by atoms with Gasteiger partial charge in [-0.3, -0.25) is 0 Å². The third-order valence-electron chi connectivity index (χ3n) is 7.19.